The molecule has 0 radical (unpaired) electrons. The van der Waals surface area contributed by atoms with Crippen molar-refractivity contribution in [2.24, 2.45) is 4.99 Å². The van der Waals surface area contributed by atoms with Gasteiger partial charge in [0.2, 0.25) is 5.82 Å². The maximum atomic E-state index is 14.2. The standard InChI is InChI=1S/C23H22F2N6O2/c1-13-6-9-19(33-5)14(2)20(13)31-21(27-12-30(3)4)18(11-26)28-22(31)23(32)29-17-8-7-15(24)10-16(17)25/h6-10,12H,1-5H3,(H,29,32)/b27-12+. The maximum Gasteiger partial charge on any atom is 0.292 e. The number of halogens is 2. The second kappa shape index (κ2) is 9.48. The minimum Gasteiger partial charge on any atom is -0.496 e. The fraction of sp³-hybridized carbons (Fsp3) is 0.217. The third kappa shape index (κ3) is 4.67. The molecule has 1 aromatic heterocycles. The number of amides is 1. The first-order valence-electron chi connectivity index (χ1n) is 9.82. The highest BCUT2D eigenvalue weighted by molar-refractivity contribution is 6.03. The summed E-state index contributed by atoms with van der Waals surface area (Å²) >= 11 is 0. The number of carbonyl (C=O) groups is 1. The lowest BCUT2D eigenvalue weighted by Crippen LogP contribution is -2.19. The van der Waals surface area contributed by atoms with Crippen LogP contribution in [0.1, 0.15) is 27.4 Å². The van der Waals surface area contributed by atoms with Gasteiger partial charge in [-0.15, -0.1) is 0 Å². The summed E-state index contributed by atoms with van der Waals surface area (Å²) in [5.41, 5.74) is 1.66. The molecule has 0 atom stereocenters. The molecule has 0 saturated carbocycles. The van der Waals surface area contributed by atoms with Crippen LogP contribution in [0.15, 0.2) is 35.3 Å². The van der Waals surface area contributed by atoms with Gasteiger partial charge in [-0.1, -0.05) is 6.07 Å². The highest BCUT2D eigenvalue weighted by Crippen LogP contribution is 2.34. The number of carbonyl (C=O) groups excluding carboxylic acids is 1. The molecule has 0 aliphatic rings. The van der Waals surface area contributed by atoms with E-state index in [1.807, 2.05) is 13.0 Å². The van der Waals surface area contributed by atoms with Gasteiger partial charge < -0.3 is 15.0 Å². The first kappa shape index (κ1) is 23.4. The van der Waals surface area contributed by atoms with Crippen molar-refractivity contribution in [1.82, 2.24) is 14.5 Å². The zero-order valence-corrected chi connectivity index (χ0v) is 18.8. The molecule has 170 valence electrons. The zero-order valence-electron chi connectivity index (χ0n) is 18.8. The predicted molar refractivity (Wildman–Crippen MR) is 120 cm³/mol. The number of ether oxygens (including phenoxy) is 1. The van der Waals surface area contributed by atoms with E-state index in [4.69, 9.17) is 4.74 Å². The van der Waals surface area contributed by atoms with Crippen LogP contribution in [0.3, 0.4) is 0 Å². The van der Waals surface area contributed by atoms with Crippen molar-refractivity contribution in [1.29, 1.82) is 5.26 Å². The Hall–Kier alpha value is -4.26. The first-order valence-corrected chi connectivity index (χ1v) is 9.82. The summed E-state index contributed by atoms with van der Waals surface area (Å²) in [4.78, 5) is 23.4. The van der Waals surface area contributed by atoms with Gasteiger partial charge >= 0.3 is 0 Å². The quantitative estimate of drug-likeness (QED) is 0.448. The molecule has 3 aromatic rings. The van der Waals surface area contributed by atoms with Crippen LogP contribution in [0.2, 0.25) is 0 Å². The number of hydrogen-bond donors (Lipinski definition) is 1. The van der Waals surface area contributed by atoms with Crippen molar-refractivity contribution in [3.63, 3.8) is 0 Å². The van der Waals surface area contributed by atoms with Gasteiger partial charge in [-0.25, -0.2) is 18.8 Å². The predicted octanol–water partition coefficient (Wildman–Crippen LogP) is 4.12. The molecular weight excluding hydrogens is 430 g/mol. The maximum absolute atomic E-state index is 14.2. The fourth-order valence-electron chi connectivity index (χ4n) is 3.29. The van der Waals surface area contributed by atoms with Crippen LogP contribution in [0, 0.1) is 36.8 Å². The number of anilines is 1. The number of aryl methyl sites for hydroxylation is 1. The Morgan fingerprint density at radius 2 is 2.00 bits per heavy atom. The van der Waals surface area contributed by atoms with Gasteiger partial charge in [-0.2, -0.15) is 5.26 Å². The minimum absolute atomic E-state index is 0.0977. The third-order valence-electron chi connectivity index (χ3n) is 4.78. The van der Waals surface area contributed by atoms with Crippen molar-refractivity contribution < 1.29 is 18.3 Å². The monoisotopic (exact) mass is 452 g/mol. The molecular formula is C23H22F2N6O2. The van der Waals surface area contributed by atoms with Crippen LogP contribution in [-0.2, 0) is 0 Å². The van der Waals surface area contributed by atoms with Gasteiger partial charge in [0.05, 0.1) is 24.8 Å². The van der Waals surface area contributed by atoms with Crippen molar-refractivity contribution in [2.75, 3.05) is 26.5 Å². The van der Waals surface area contributed by atoms with Crippen LogP contribution >= 0.6 is 0 Å². The molecule has 1 N–H and O–H groups in total. The lowest BCUT2D eigenvalue weighted by atomic mass is 10.1. The summed E-state index contributed by atoms with van der Waals surface area (Å²) in [7, 11) is 5.03. The van der Waals surface area contributed by atoms with Gasteiger partial charge in [0.25, 0.3) is 5.91 Å². The highest BCUT2D eigenvalue weighted by atomic mass is 19.1. The second-order valence-corrected chi connectivity index (χ2v) is 7.40. The molecule has 3 rings (SSSR count). The summed E-state index contributed by atoms with van der Waals surface area (Å²) < 4.78 is 34.3. The Morgan fingerprint density at radius 3 is 2.61 bits per heavy atom. The Morgan fingerprint density at radius 1 is 1.27 bits per heavy atom. The third-order valence-corrected chi connectivity index (χ3v) is 4.78. The molecule has 8 nitrogen and oxygen atoms in total. The number of nitrogens with zero attached hydrogens (tertiary/aromatic N) is 5. The number of methoxy groups -OCH3 is 1. The van der Waals surface area contributed by atoms with Crippen LogP contribution in [0.25, 0.3) is 5.69 Å². The first-order chi connectivity index (χ1) is 15.7. The van der Waals surface area contributed by atoms with Crippen LogP contribution in [0.5, 0.6) is 5.75 Å². The lowest BCUT2D eigenvalue weighted by Gasteiger charge is -2.18. The van der Waals surface area contributed by atoms with E-state index in [9.17, 15) is 18.8 Å². The minimum atomic E-state index is -0.943. The average Bonchev–Trinajstić information content (AvgIpc) is 3.12. The SMILES string of the molecule is COc1ccc(C)c(-n2c(C(=O)Nc3ccc(F)cc3F)nc(C#N)c2/N=C/N(C)C)c1C. The molecule has 0 aliphatic carbocycles. The Labute approximate surface area is 189 Å². The normalized spacial score (nSPS) is 10.8. The topological polar surface area (TPSA) is 95.5 Å². The molecule has 0 aliphatic heterocycles. The van der Waals surface area contributed by atoms with E-state index in [0.29, 0.717) is 23.1 Å². The van der Waals surface area contributed by atoms with Gasteiger partial charge in [-0.3, -0.25) is 9.36 Å². The van der Waals surface area contributed by atoms with E-state index in [-0.39, 0.29) is 23.0 Å². The number of imidazole rings is 1. The van der Waals surface area contributed by atoms with Crippen LogP contribution in [0.4, 0.5) is 20.3 Å². The molecule has 2 aromatic carbocycles. The van der Waals surface area contributed by atoms with E-state index in [1.54, 1.807) is 38.1 Å². The van der Waals surface area contributed by atoms with E-state index in [2.05, 4.69) is 15.3 Å². The number of hydrogen-bond acceptors (Lipinski definition) is 5. The molecule has 33 heavy (non-hydrogen) atoms. The number of benzene rings is 2. The fourth-order valence-corrected chi connectivity index (χ4v) is 3.29. The molecule has 0 saturated heterocycles. The molecule has 0 spiro atoms. The second-order valence-electron chi connectivity index (χ2n) is 7.40. The van der Waals surface area contributed by atoms with Crippen molar-refractivity contribution >= 4 is 23.8 Å². The molecule has 10 heteroatoms. The van der Waals surface area contributed by atoms with Crippen molar-refractivity contribution in [3.05, 3.63) is 64.6 Å². The number of aliphatic imine (C=N–C) groups is 1. The lowest BCUT2D eigenvalue weighted by molar-refractivity contribution is 0.101. The van der Waals surface area contributed by atoms with E-state index in [1.165, 1.54) is 18.0 Å². The smallest absolute Gasteiger partial charge is 0.292 e. The van der Waals surface area contributed by atoms with Crippen molar-refractivity contribution in [2.45, 2.75) is 13.8 Å². The van der Waals surface area contributed by atoms with Gasteiger partial charge in [0, 0.05) is 25.7 Å². The highest BCUT2D eigenvalue weighted by Gasteiger charge is 2.26. The summed E-state index contributed by atoms with van der Waals surface area (Å²) in [6, 6.07) is 8.33. The molecule has 1 heterocycles. The van der Waals surface area contributed by atoms with E-state index < -0.39 is 17.5 Å². The zero-order chi connectivity index (χ0) is 24.3. The number of nitriles is 1. The molecule has 1 amide bonds. The number of aromatic nitrogens is 2. The largest absolute Gasteiger partial charge is 0.496 e. The van der Waals surface area contributed by atoms with E-state index in [0.717, 1.165) is 17.7 Å². The summed E-state index contributed by atoms with van der Waals surface area (Å²) in [5, 5.41) is 12.1. The summed E-state index contributed by atoms with van der Waals surface area (Å²) in [6.07, 6.45) is 1.47. The number of rotatable bonds is 6. The van der Waals surface area contributed by atoms with Crippen LogP contribution < -0.4 is 10.1 Å². The Bertz CT molecular complexity index is 1290. The molecule has 0 fully saturated rings. The number of nitrogens with one attached hydrogen (secondary N) is 1. The van der Waals surface area contributed by atoms with Gasteiger partial charge in [0.1, 0.15) is 23.5 Å². The van der Waals surface area contributed by atoms with Crippen molar-refractivity contribution in [3.8, 4) is 17.5 Å². The van der Waals surface area contributed by atoms with E-state index >= 15 is 0 Å². The van der Waals surface area contributed by atoms with Gasteiger partial charge in [-0.05, 0) is 37.6 Å². The molecule has 0 bridgehead atoms. The summed E-state index contributed by atoms with van der Waals surface area (Å²) in [6.45, 7) is 3.63. The average molecular weight is 452 g/mol. The Balaban J connectivity index is 2.27. The Kier molecular flexibility index (Phi) is 6.72. The summed E-state index contributed by atoms with van der Waals surface area (Å²) in [5.74, 6) is -2.04. The molecule has 0 unspecified atom stereocenters. The van der Waals surface area contributed by atoms with Gasteiger partial charge in [0.15, 0.2) is 11.5 Å². The van der Waals surface area contributed by atoms with Crippen LogP contribution in [-0.4, -0.2) is 47.9 Å².